The summed E-state index contributed by atoms with van der Waals surface area (Å²) in [6.07, 6.45) is 3.82. The van der Waals surface area contributed by atoms with Gasteiger partial charge in [-0.3, -0.25) is 0 Å². The largest absolute Gasteiger partial charge is 0.330 e. The summed E-state index contributed by atoms with van der Waals surface area (Å²) in [6.45, 7) is 7.60. The maximum Gasteiger partial charge on any atom is 0.0482 e. The zero-order chi connectivity index (χ0) is 22.5. The Labute approximate surface area is 210 Å². The molecule has 4 heterocycles. The predicted molar refractivity (Wildman–Crippen MR) is 151 cm³/mol. The second-order valence-electron chi connectivity index (χ2n) is 7.16. The fraction of sp³-hybridized carbons (Fsp3) is 0.200. The van der Waals surface area contributed by atoms with Crippen LogP contribution in [0.25, 0.3) is 34.2 Å². The van der Waals surface area contributed by atoms with Gasteiger partial charge in [0.25, 0.3) is 0 Å². The molecule has 4 N–H and O–H groups in total. The van der Waals surface area contributed by atoms with Crippen LogP contribution in [0, 0.1) is 0 Å². The van der Waals surface area contributed by atoms with E-state index in [1.165, 1.54) is 45.3 Å². The average molecular weight is 515 g/mol. The van der Waals surface area contributed by atoms with E-state index >= 15 is 0 Å². The van der Waals surface area contributed by atoms with Crippen molar-refractivity contribution >= 4 is 62.0 Å². The molecule has 0 bridgehead atoms. The van der Waals surface area contributed by atoms with Crippen LogP contribution in [-0.4, -0.2) is 13.1 Å². The fourth-order valence-corrected chi connectivity index (χ4v) is 8.58. The molecule has 0 fully saturated rings. The van der Waals surface area contributed by atoms with Gasteiger partial charge in [-0.2, -0.15) is 0 Å². The second kappa shape index (κ2) is 11.1. The van der Waals surface area contributed by atoms with Crippen molar-refractivity contribution in [2.24, 2.45) is 11.5 Å². The van der Waals surface area contributed by atoms with Gasteiger partial charge in [0.1, 0.15) is 0 Å². The van der Waals surface area contributed by atoms with Crippen LogP contribution >= 0.6 is 57.1 Å². The first-order valence-electron chi connectivity index (χ1n) is 10.4. The van der Waals surface area contributed by atoms with Crippen molar-refractivity contribution in [1.29, 1.82) is 0 Å². The van der Waals surface area contributed by atoms with Crippen LogP contribution in [0.4, 0.5) is 0 Å². The van der Waals surface area contributed by atoms with Gasteiger partial charge in [-0.05, 0) is 85.1 Å². The summed E-state index contributed by atoms with van der Waals surface area (Å²) in [7, 11) is 0. The minimum Gasteiger partial charge on any atom is -0.330 e. The highest BCUT2D eigenvalue weighted by atomic mass is 32.2. The van der Waals surface area contributed by atoms with E-state index in [0.29, 0.717) is 13.1 Å². The van der Waals surface area contributed by atoms with Crippen molar-refractivity contribution in [3.63, 3.8) is 0 Å². The molecule has 0 spiro atoms. The lowest BCUT2D eigenvalue weighted by molar-refractivity contribution is 0.976. The van der Waals surface area contributed by atoms with Gasteiger partial charge in [-0.15, -0.1) is 45.3 Å². The van der Waals surface area contributed by atoms with E-state index in [1.807, 2.05) is 47.0 Å². The molecule has 0 saturated carbocycles. The van der Waals surface area contributed by atoms with E-state index in [-0.39, 0.29) is 0 Å². The van der Waals surface area contributed by atoms with Gasteiger partial charge >= 0.3 is 0 Å². The minimum atomic E-state index is 0.644. The van der Waals surface area contributed by atoms with Gasteiger partial charge in [0.2, 0.25) is 0 Å². The van der Waals surface area contributed by atoms with E-state index < -0.39 is 0 Å². The van der Waals surface area contributed by atoms with Crippen LogP contribution in [0.1, 0.15) is 22.9 Å². The molecule has 4 rings (SSSR count). The van der Waals surface area contributed by atoms with Gasteiger partial charge in [0.05, 0.1) is 0 Å². The zero-order valence-electron chi connectivity index (χ0n) is 17.9. The smallest absolute Gasteiger partial charge is 0.0482 e. The van der Waals surface area contributed by atoms with E-state index in [1.54, 1.807) is 23.1 Å². The first-order valence-corrected chi connectivity index (χ1v) is 14.6. The highest BCUT2D eigenvalue weighted by Gasteiger charge is 2.18. The van der Waals surface area contributed by atoms with Crippen LogP contribution in [0.15, 0.2) is 59.8 Å². The van der Waals surface area contributed by atoms with E-state index in [0.717, 1.165) is 17.7 Å². The minimum absolute atomic E-state index is 0.644. The summed E-state index contributed by atoms with van der Waals surface area (Å²) < 4.78 is 0. The Bertz CT molecular complexity index is 1210. The van der Waals surface area contributed by atoms with Gasteiger partial charge in [-0.25, -0.2) is 0 Å². The SMILES string of the molecule is C=C(S/C=C\C)c1cc(CCN)c(-c2ccc(-c3sc(-c4cccs4)cc3CCN)s2)s1. The Morgan fingerprint density at radius 2 is 1.59 bits per heavy atom. The normalized spacial score (nSPS) is 11.6. The van der Waals surface area contributed by atoms with Crippen LogP contribution in [0.3, 0.4) is 0 Å². The third-order valence-electron chi connectivity index (χ3n) is 4.88. The molecule has 32 heavy (non-hydrogen) atoms. The van der Waals surface area contributed by atoms with Crippen molar-refractivity contribution in [3.05, 3.63) is 75.8 Å². The molecule has 0 aliphatic carbocycles. The molecule has 0 aliphatic heterocycles. The standard InChI is InChI=1S/C25H26N2S5/c1-3-12-28-16(2)22-14-17(8-10-26)24(31-22)20-6-7-21(30-20)25-18(9-11-27)15-23(32-25)19-5-4-13-29-19/h3-7,12-15H,2,8-11,26-27H2,1H3/b12-3-. The molecule has 4 aromatic heterocycles. The van der Waals surface area contributed by atoms with Gasteiger partial charge in [0.15, 0.2) is 0 Å². The second-order valence-corrected chi connectivity index (χ2v) is 12.3. The van der Waals surface area contributed by atoms with Crippen molar-refractivity contribution in [3.8, 4) is 29.3 Å². The summed E-state index contributed by atoms with van der Waals surface area (Å²) in [6, 6.07) is 13.4. The monoisotopic (exact) mass is 514 g/mol. The molecule has 0 aromatic carbocycles. The number of hydrogen-bond donors (Lipinski definition) is 2. The highest BCUT2D eigenvalue weighted by molar-refractivity contribution is 8.11. The molecule has 0 unspecified atom stereocenters. The Hall–Kier alpha value is -1.45. The summed E-state index contributed by atoms with van der Waals surface area (Å²) >= 11 is 9.03. The molecule has 0 saturated heterocycles. The van der Waals surface area contributed by atoms with Gasteiger partial charge in [0, 0.05) is 39.0 Å². The van der Waals surface area contributed by atoms with Crippen molar-refractivity contribution in [2.75, 3.05) is 13.1 Å². The fourth-order valence-electron chi connectivity index (χ4n) is 3.42. The molecule has 2 nitrogen and oxygen atoms in total. The Balaban J connectivity index is 1.70. The molecule has 0 radical (unpaired) electrons. The molecular formula is C25H26N2S5. The quantitative estimate of drug-likeness (QED) is 0.224. The molecule has 0 atom stereocenters. The van der Waals surface area contributed by atoms with E-state index in [2.05, 4.69) is 53.8 Å². The Morgan fingerprint density at radius 3 is 2.22 bits per heavy atom. The summed E-state index contributed by atoms with van der Waals surface area (Å²) in [5, 5.41) is 4.21. The van der Waals surface area contributed by atoms with Crippen LogP contribution in [-0.2, 0) is 12.8 Å². The van der Waals surface area contributed by atoms with Gasteiger partial charge in [-0.1, -0.05) is 30.5 Å². The summed E-state index contributed by atoms with van der Waals surface area (Å²) in [5.74, 6) is 0. The first kappa shape index (κ1) is 23.7. The summed E-state index contributed by atoms with van der Waals surface area (Å²) in [4.78, 5) is 10.2. The molecule has 4 aromatic rings. The van der Waals surface area contributed by atoms with Crippen molar-refractivity contribution in [1.82, 2.24) is 0 Å². The molecular weight excluding hydrogens is 489 g/mol. The van der Waals surface area contributed by atoms with Gasteiger partial charge < -0.3 is 11.5 Å². The molecule has 166 valence electrons. The molecule has 0 aliphatic rings. The number of allylic oxidation sites excluding steroid dienone is 1. The number of thioether (sulfide) groups is 1. The van der Waals surface area contributed by atoms with Crippen LogP contribution < -0.4 is 11.5 Å². The predicted octanol–water partition coefficient (Wildman–Crippen LogP) is 8.17. The third kappa shape index (κ3) is 5.20. The number of thiophene rings is 4. The third-order valence-corrected chi connectivity index (χ3v) is 10.9. The average Bonchev–Trinajstić information content (AvgIpc) is 3.58. The van der Waals surface area contributed by atoms with E-state index in [9.17, 15) is 0 Å². The maximum atomic E-state index is 5.94. The number of nitrogens with two attached hydrogens (primary N) is 2. The van der Waals surface area contributed by atoms with E-state index in [4.69, 9.17) is 11.5 Å². The number of hydrogen-bond acceptors (Lipinski definition) is 7. The highest BCUT2D eigenvalue weighted by Crippen LogP contribution is 2.47. The first-order chi connectivity index (χ1) is 15.6. The molecule has 7 heteroatoms. The lowest BCUT2D eigenvalue weighted by Crippen LogP contribution is -2.02. The summed E-state index contributed by atoms with van der Waals surface area (Å²) in [5.41, 5.74) is 14.5. The van der Waals surface area contributed by atoms with Crippen molar-refractivity contribution < 1.29 is 0 Å². The number of rotatable bonds is 10. The Morgan fingerprint density at radius 1 is 0.906 bits per heavy atom. The van der Waals surface area contributed by atoms with Crippen LogP contribution in [0.5, 0.6) is 0 Å². The lowest BCUT2D eigenvalue weighted by Gasteiger charge is -2.00. The Kier molecular flexibility index (Phi) is 8.23. The maximum absolute atomic E-state index is 5.94. The van der Waals surface area contributed by atoms with Crippen LogP contribution in [0.2, 0.25) is 0 Å². The molecule has 0 amide bonds. The lowest BCUT2D eigenvalue weighted by atomic mass is 10.1. The zero-order valence-corrected chi connectivity index (χ0v) is 22.0. The topological polar surface area (TPSA) is 52.0 Å². The van der Waals surface area contributed by atoms with Crippen molar-refractivity contribution in [2.45, 2.75) is 19.8 Å².